The summed E-state index contributed by atoms with van der Waals surface area (Å²) < 4.78 is 10.4. The molecule has 0 aliphatic rings. The Morgan fingerprint density at radius 1 is 0.971 bits per heavy atom. The molecule has 1 heterocycles. The van der Waals surface area contributed by atoms with E-state index in [-0.39, 0.29) is 12.5 Å². The number of nitrogens with zero attached hydrogens (tertiary/aromatic N) is 1. The number of esters is 1. The van der Waals surface area contributed by atoms with Crippen molar-refractivity contribution < 1.29 is 19.1 Å². The van der Waals surface area contributed by atoms with Gasteiger partial charge in [-0.2, -0.15) is 0 Å². The molecule has 0 unspecified atom stereocenters. The number of nitrogens with one attached hydrogen (secondary N) is 2. The third-order valence-corrected chi connectivity index (χ3v) is 5.29. The van der Waals surface area contributed by atoms with Crippen molar-refractivity contribution in [3.63, 3.8) is 0 Å². The molecule has 34 heavy (non-hydrogen) atoms. The van der Waals surface area contributed by atoms with Gasteiger partial charge < -0.3 is 20.1 Å². The number of anilines is 2. The van der Waals surface area contributed by atoms with E-state index < -0.39 is 5.97 Å². The maximum absolute atomic E-state index is 12.7. The van der Waals surface area contributed by atoms with E-state index in [4.69, 9.17) is 9.47 Å². The highest BCUT2D eigenvalue weighted by molar-refractivity contribution is 6.08. The second-order valence-corrected chi connectivity index (χ2v) is 7.52. The Kier molecular flexibility index (Phi) is 7.03. The lowest BCUT2D eigenvalue weighted by Gasteiger charge is -2.15. The monoisotopic (exact) mass is 455 g/mol. The van der Waals surface area contributed by atoms with Crippen LogP contribution in [0.25, 0.3) is 10.9 Å². The van der Waals surface area contributed by atoms with Crippen LogP contribution in [0.2, 0.25) is 0 Å². The number of hydrogen-bond acceptors (Lipinski definition) is 6. The highest BCUT2D eigenvalue weighted by Crippen LogP contribution is 2.30. The molecule has 4 rings (SSSR count). The minimum Gasteiger partial charge on any atom is -0.497 e. The first-order valence-corrected chi connectivity index (χ1v) is 10.9. The Hall–Kier alpha value is -4.39. The van der Waals surface area contributed by atoms with Gasteiger partial charge in [-0.3, -0.25) is 9.78 Å². The van der Waals surface area contributed by atoms with E-state index in [2.05, 4.69) is 15.6 Å². The molecule has 1 aromatic heterocycles. The van der Waals surface area contributed by atoms with Crippen molar-refractivity contribution in [2.24, 2.45) is 0 Å². The van der Waals surface area contributed by atoms with Gasteiger partial charge in [0.05, 0.1) is 24.9 Å². The molecule has 0 radical (unpaired) electrons. The maximum Gasteiger partial charge on any atom is 0.341 e. The molecule has 0 atom stereocenters. The fraction of sp³-hybridized carbons (Fsp3) is 0.148. The van der Waals surface area contributed by atoms with Crippen LogP contribution in [0.3, 0.4) is 0 Å². The summed E-state index contributed by atoms with van der Waals surface area (Å²) in [5.41, 5.74) is 3.77. The molecule has 0 saturated heterocycles. The van der Waals surface area contributed by atoms with E-state index in [1.54, 1.807) is 50.4 Å². The molecule has 0 saturated carbocycles. The molecule has 4 aromatic rings. The normalized spacial score (nSPS) is 10.5. The fourth-order valence-electron chi connectivity index (χ4n) is 3.56. The molecule has 172 valence electrons. The van der Waals surface area contributed by atoms with E-state index in [1.807, 2.05) is 36.4 Å². The molecular weight excluding hydrogens is 430 g/mol. The van der Waals surface area contributed by atoms with Crippen molar-refractivity contribution in [2.75, 3.05) is 24.4 Å². The fourth-order valence-corrected chi connectivity index (χ4v) is 3.56. The number of aromatic nitrogens is 1. The Bertz CT molecular complexity index is 1310. The summed E-state index contributed by atoms with van der Waals surface area (Å²) in [7, 11) is 1.58. The average Bonchev–Trinajstić information content (AvgIpc) is 2.88. The van der Waals surface area contributed by atoms with Gasteiger partial charge in [-0.1, -0.05) is 30.3 Å². The molecule has 0 aliphatic carbocycles. The molecule has 0 spiro atoms. The van der Waals surface area contributed by atoms with Crippen molar-refractivity contribution in [1.82, 2.24) is 4.98 Å². The molecule has 0 bridgehead atoms. The lowest BCUT2D eigenvalue weighted by atomic mass is 10.1. The summed E-state index contributed by atoms with van der Waals surface area (Å²) >= 11 is 0. The third kappa shape index (κ3) is 5.15. The second-order valence-electron chi connectivity index (χ2n) is 7.52. The summed E-state index contributed by atoms with van der Waals surface area (Å²) in [5, 5.41) is 6.98. The van der Waals surface area contributed by atoms with Crippen LogP contribution in [0.1, 0.15) is 33.2 Å². The predicted molar refractivity (Wildman–Crippen MR) is 132 cm³/mol. The van der Waals surface area contributed by atoms with Gasteiger partial charge in [-0.05, 0) is 55.0 Å². The Morgan fingerprint density at radius 2 is 1.74 bits per heavy atom. The minimum absolute atomic E-state index is 0.254. The van der Waals surface area contributed by atoms with Crippen LogP contribution >= 0.6 is 0 Å². The lowest BCUT2D eigenvalue weighted by Crippen LogP contribution is -2.13. The number of carbonyl (C=O) groups excluding carboxylic acids is 2. The Balaban J connectivity index is 1.68. The van der Waals surface area contributed by atoms with Crippen LogP contribution in [0, 0.1) is 0 Å². The largest absolute Gasteiger partial charge is 0.497 e. The van der Waals surface area contributed by atoms with Crippen LogP contribution in [0.4, 0.5) is 11.4 Å². The smallest absolute Gasteiger partial charge is 0.341 e. The molecule has 7 heteroatoms. The molecule has 3 aromatic carbocycles. The van der Waals surface area contributed by atoms with E-state index >= 15 is 0 Å². The number of fused-ring (bicyclic) bond motifs is 1. The number of methoxy groups -OCH3 is 1. The van der Waals surface area contributed by atoms with Gasteiger partial charge in [0.2, 0.25) is 0 Å². The first-order chi connectivity index (χ1) is 16.6. The number of rotatable bonds is 8. The molecular formula is C27H25N3O4. The molecule has 2 N–H and O–H groups in total. The Morgan fingerprint density at radius 3 is 2.44 bits per heavy atom. The second kappa shape index (κ2) is 10.5. The van der Waals surface area contributed by atoms with Gasteiger partial charge in [-0.15, -0.1) is 0 Å². The predicted octanol–water partition coefficient (Wildman–Crippen LogP) is 5.28. The van der Waals surface area contributed by atoms with Gasteiger partial charge >= 0.3 is 5.97 Å². The first-order valence-electron chi connectivity index (χ1n) is 10.9. The molecule has 0 aliphatic heterocycles. The zero-order valence-electron chi connectivity index (χ0n) is 19.0. The number of ether oxygens (including phenoxy) is 2. The van der Waals surface area contributed by atoms with Gasteiger partial charge in [-0.25, -0.2) is 4.79 Å². The Labute approximate surface area is 197 Å². The number of benzene rings is 3. The van der Waals surface area contributed by atoms with Crippen LogP contribution in [0.15, 0.2) is 79.0 Å². The average molecular weight is 456 g/mol. The topological polar surface area (TPSA) is 89.5 Å². The number of pyridine rings is 1. The van der Waals surface area contributed by atoms with Crippen LogP contribution in [0.5, 0.6) is 5.75 Å². The standard InChI is InChI=1S/C27H25N3O4/c1-3-34-27(32)23-17-28-24-14-11-20(30-26(31)19-9-12-21(33-2)13-10-19)15-22(24)25(23)29-16-18-7-5-4-6-8-18/h4-15,17H,3,16H2,1-2H3,(H,28,29)(H,30,31). The molecule has 1 amide bonds. The molecule has 0 fully saturated rings. The van der Waals surface area contributed by atoms with Gasteiger partial charge in [0.25, 0.3) is 5.91 Å². The van der Waals surface area contributed by atoms with Crippen molar-refractivity contribution in [3.8, 4) is 5.75 Å². The first kappa shape index (κ1) is 22.8. The van der Waals surface area contributed by atoms with Crippen LogP contribution < -0.4 is 15.4 Å². The van der Waals surface area contributed by atoms with E-state index in [1.165, 1.54) is 6.20 Å². The summed E-state index contributed by atoms with van der Waals surface area (Å²) in [6.07, 6.45) is 1.52. The SMILES string of the molecule is CCOC(=O)c1cnc2ccc(NC(=O)c3ccc(OC)cc3)cc2c1NCc1ccccc1. The summed E-state index contributed by atoms with van der Waals surface area (Å²) in [5.74, 6) is -0.0376. The number of amides is 1. The maximum atomic E-state index is 12.7. The van der Waals surface area contributed by atoms with Crippen molar-refractivity contribution in [2.45, 2.75) is 13.5 Å². The third-order valence-electron chi connectivity index (χ3n) is 5.29. The highest BCUT2D eigenvalue weighted by Gasteiger charge is 2.17. The van der Waals surface area contributed by atoms with E-state index in [0.29, 0.717) is 45.7 Å². The minimum atomic E-state index is -0.458. The summed E-state index contributed by atoms with van der Waals surface area (Å²) in [6, 6.07) is 22.1. The van der Waals surface area contributed by atoms with Crippen molar-refractivity contribution in [3.05, 3.63) is 95.7 Å². The lowest BCUT2D eigenvalue weighted by molar-refractivity contribution is 0.0527. The summed E-state index contributed by atoms with van der Waals surface area (Å²) in [4.78, 5) is 29.8. The highest BCUT2D eigenvalue weighted by atomic mass is 16.5. The molecule has 7 nitrogen and oxygen atoms in total. The number of hydrogen-bond donors (Lipinski definition) is 2. The number of carbonyl (C=O) groups is 2. The zero-order chi connectivity index (χ0) is 23.9. The van der Waals surface area contributed by atoms with Gasteiger partial charge in [0.15, 0.2) is 0 Å². The van der Waals surface area contributed by atoms with Crippen molar-refractivity contribution in [1.29, 1.82) is 0 Å². The van der Waals surface area contributed by atoms with Crippen LogP contribution in [-0.4, -0.2) is 30.6 Å². The zero-order valence-corrected chi connectivity index (χ0v) is 19.0. The van der Waals surface area contributed by atoms with Gasteiger partial charge in [0, 0.05) is 29.4 Å². The van der Waals surface area contributed by atoms with Crippen molar-refractivity contribution >= 4 is 34.2 Å². The van der Waals surface area contributed by atoms with Crippen LogP contribution in [-0.2, 0) is 11.3 Å². The quantitative estimate of drug-likeness (QED) is 0.351. The van der Waals surface area contributed by atoms with E-state index in [9.17, 15) is 9.59 Å². The van der Waals surface area contributed by atoms with E-state index in [0.717, 1.165) is 5.56 Å². The summed E-state index contributed by atoms with van der Waals surface area (Å²) in [6.45, 7) is 2.53. The van der Waals surface area contributed by atoms with Gasteiger partial charge in [0.1, 0.15) is 11.3 Å².